The van der Waals surface area contributed by atoms with Crippen molar-refractivity contribution >= 4 is 87.4 Å². The monoisotopic (exact) mass is 815 g/mol. The molecule has 0 saturated carbocycles. The van der Waals surface area contributed by atoms with Gasteiger partial charge in [-0.25, -0.2) is 0 Å². The lowest BCUT2D eigenvalue weighted by atomic mass is 10.0. The van der Waals surface area contributed by atoms with Gasteiger partial charge < -0.3 is 18.1 Å². The van der Waals surface area contributed by atoms with E-state index >= 15 is 0 Å². The van der Waals surface area contributed by atoms with Crippen molar-refractivity contribution in [2.75, 3.05) is 0 Å². The minimum Gasteiger partial charge on any atom is -0.456 e. The van der Waals surface area contributed by atoms with Crippen molar-refractivity contribution in [3.05, 3.63) is 224 Å². The van der Waals surface area contributed by atoms with Crippen LogP contribution in [-0.2, 0) is 0 Å². The van der Waals surface area contributed by atoms with Crippen LogP contribution in [0.5, 0.6) is 0 Å². The third-order valence-electron chi connectivity index (χ3n) is 13.4. The molecule has 0 aliphatic rings. The number of rotatable bonds is 5. The van der Waals surface area contributed by atoms with E-state index in [1.807, 2.05) is 0 Å². The zero-order valence-electron chi connectivity index (χ0n) is 34.6. The molecule has 0 radical (unpaired) electrons. The summed E-state index contributed by atoms with van der Waals surface area (Å²) in [5.74, 6) is 0. The molecule has 0 saturated heterocycles. The van der Waals surface area contributed by atoms with Crippen molar-refractivity contribution in [3.8, 4) is 39.3 Å². The molecular weight excluding hydrogens is 779 g/mol. The number of hydrogen-bond donors (Lipinski definition) is 0. The number of fused-ring (bicyclic) bond motifs is 13. The van der Waals surface area contributed by atoms with Gasteiger partial charge in [0.2, 0.25) is 0 Å². The van der Waals surface area contributed by atoms with E-state index in [9.17, 15) is 0 Å². The van der Waals surface area contributed by atoms with Crippen LogP contribution in [0.3, 0.4) is 0 Å². The van der Waals surface area contributed by atoms with E-state index in [4.69, 9.17) is 4.42 Å². The highest BCUT2D eigenvalue weighted by Gasteiger charge is 2.24. The highest BCUT2D eigenvalue weighted by molar-refractivity contribution is 6.29. The average molecular weight is 816 g/mol. The van der Waals surface area contributed by atoms with Crippen molar-refractivity contribution in [2.45, 2.75) is 0 Å². The molecule has 10 aromatic carbocycles. The van der Waals surface area contributed by atoms with Crippen LogP contribution >= 0.6 is 0 Å². The Kier molecular flexibility index (Phi) is 7.36. The Balaban J connectivity index is 1.02. The van der Waals surface area contributed by atoms with Crippen LogP contribution in [0.25, 0.3) is 127 Å². The molecule has 0 atom stereocenters. The zero-order chi connectivity index (χ0) is 41.9. The quantitative estimate of drug-likeness (QED) is 0.170. The first kappa shape index (κ1) is 35.0. The van der Waals surface area contributed by atoms with E-state index in [1.54, 1.807) is 0 Å². The number of furan rings is 1. The van der Waals surface area contributed by atoms with Gasteiger partial charge in [0.05, 0.1) is 49.9 Å². The summed E-state index contributed by atoms with van der Waals surface area (Å²) in [6.45, 7) is 0. The maximum atomic E-state index is 6.58. The van der Waals surface area contributed by atoms with Gasteiger partial charge in [0.25, 0.3) is 0 Å². The number of hydrogen-bond acceptors (Lipinski definition) is 1. The molecule has 0 bridgehead atoms. The Morgan fingerprint density at radius 3 is 1.53 bits per heavy atom. The van der Waals surface area contributed by atoms with Crippen molar-refractivity contribution in [1.29, 1.82) is 0 Å². The topological polar surface area (TPSA) is 27.9 Å². The second-order valence-electron chi connectivity index (χ2n) is 16.8. The average Bonchev–Trinajstić information content (AvgIpc) is 4.10. The predicted octanol–water partition coefficient (Wildman–Crippen LogP) is 16.2. The summed E-state index contributed by atoms with van der Waals surface area (Å²) in [5.41, 5.74) is 16.9. The molecule has 14 rings (SSSR count). The van der Waals surface area contributed by atoms with Crippen molar-refractivity contribution in [3.63, 3.8) is 0 Å². The van der Waals surface area contributed by atoms with E-state index in [1.165, 1.54) is 76.6 Å². The van der Waals surface area contributed by atoms with Gasteiger partial charge in [-0.15, -0.1) is 0 Å². The van der Waals surface area contributed by atoms with Gasteiger partial charge >= 0.3 is 0 Å². The summed E-state index contributed by atoms with van der Waals surface area (Å²) >= 11 is 0. The molecule has 4 aromatic heterocycles. The van der Waals surface area contributed by atoms with Gasteiger partial charge in [-0.3, -0.25) is 0 Å². The SMILES string of the molecule is c1ccc(-c2ccc3oc4cccc(-n5c6ccccc6c6c7c8ccccc8n(-c8ccccc8-c8ccc9c(c8)c8ccccc8n9-c8ccccc8)c7ccc65)c4c3c2)cc1. The summed E-state index contributed by atoms with van der Waals surface area (Å²) in [5, 5.41) is 9.62. The zero-order valence-corrected chi connectivity index (χ0v) is 34.6. The minimum absolute atomic E-state index is 0.876. The molecule has 0 N–H and O–H groups in total. The van der Waals surface area contributed by atoms with E-state index in [2.05, 4.69) is 238 Å². The van der Waals surface area contributed by atoms with Crippen LogP contribution in [-0.4, -0.2) is 13.7 Å². The van der Waals surface area contributed by atoms with Crippen LogP contribution in [0, 0.1) is 0 Å². The second-order valence-corrected chi connectivity index (χ2v) is 16.8. The Morgan fingerprint density at radius 1 is 0.266 bits per heavy atom. The third-order valence-corrected chi connectivity index (χ3v) is 13.4. The van der Waals surface area contributed by atoms with E-state index in [-0.39, 0.29) is 0 Å². The summed E-state index contributed by atoms with van der Waals surface area (Å²) < 4.78 is 13.9. The molecule has 0 aliphatic carbocycles. The lowest BCUT2D eigenvalue weighted by Crippen LogP contribution is -1.97. The Labute approximate surface area is 367 Å². The Morgan fingerprint density at radius 2 is 0.797 bits per heavy atom. The van der Waals surface area contributed by atoms with Gasteiger partial charge in [0.15, 0.2) is 0 Å². The van der Waals surface area contributed by atoms with Crippen LogP contribution in [0.4, 0.5) is 0 Å². The van der Waals surface area contributed by atoms with E-state index < -0.39 is 0 Å². The smallest absolute Gasteiger partial charge is 0.137 e. The molecule has 0 amide bonds. The van der Waals surface area contributed by atoms with Crippen molar-refractivity contribution in [1.82, 2.24) is 13.7 Å². The molecular formula is C60H37N3O. The van der Waals surface area contributed by atoms with Gasteiger partial charge in [0.1, 0.15) is 11.2 Å². The van der Waals surface area contributed by atoms with Gasteiger partial charge in [-0.1, -0.05) is 140 Å². The summed E-state index contributed by atoms with van der Waals surface area (Å²) in [4.78, 5) is 0. The normalized spacial score (nSPS) is 12.1. The fraction of sp³-hybridized carbons (Fsp3) is 0. The molecule has 4 nitrogen and oxygen atoms in total. The highest BCUT2D eigenvalue weighted by atomic mass is 16.3. The molecule has 0 fully saturated rings. The minimum atomic E-state index is 0.876. The van der Waals surface area contributed by atoms with Crippen LogP contribution in [0.1, 0.15) is 0 Å². The maximum Gasteiger partial charge on any atom is 0.137 e. The largest absolute Gasteiger partial charge is 0.456 e. The molecule has 298 valence electrons. The first-order chi connectivity index (χ1) is 31.8. The molecule has 0 spiro atoms. The molecule has 4 heteroatoms. The third kappa shape index (κ3) is 4.93. The van der Waals surface area contributed by atoms with Crippen LogP contribution < -0.4 is 0 Å². The maximum absolute atomic E-state index is 6.58. The van der Waals surface area contributed by atoms with Crippen molar-refractivity contribution < 1.29 is 4.42 Å². The van der Waals surface area contributed by atoms with E-state index in [0.29, 0.717) is 0 Å². The first-order valence-electron chi connectivity index (χ1n) is 21.9. The highest BCUT2D eigenvalue weighted by Crippen LogP contribution is 2.46. The number of para-hydroxylation sites is 5. The van der Waals surface area contributed by atoms with Crippen LogP contribution in [0.2, 0.25) is 0 Å². The number of aromatic nitrogens is 3. The molecule has 64 heavy (non-hydrogen) atoms. The summed E-state index contributed by atoms with van der Waals surface area (Å²) in [6.07, 6.45) is 0. The van der Waals surface area contributed by atoms with Gasteiger partial charge in [-0.2, -0.15) is 0 Å². The Bertz CT molecular complexity index is 4180. The Hall–Kier alpha value is -8.60. The van der Waals surface area contributed by atoms with E-state index in [0.717, 1.165) is 50.0 Å². The van der Waals surface area contributed by atoms with Crippen LogP contribution in [0.15, 0.2) is 229 Å². The molecule has 0 aliphatic heterocycles. The number of benzene rings is 10. The number of nitrogens with zero attached hydrogens (tertiary/aromatic N) is 3. The molecule has 14 aromatic rings. The predicted molar refractivity (Wildman–Crippen MR) is 268 cm³/mol. The fourth-order valence-electron chi connectivity index (χ4n) is 10.8. The lowest BCUT2D eigenvalue weighted by Gasteiger charge is -2.15. The second kappa shape index (κ2) is 13.4. The standard InChI is InChI=1S/C60H37N3O/c1-3-16-38(17-4-1)39-31-35-56-47(36-39)58-53(28-15-29-57(58)64-56)63-51-27-14-10-23-45(51)60-55(63)34-33-54-59(60)44-22-9-13-26-50(44)62(54)48-24-11-7-20-42(48)40-30-32-52-46(37-40)43-21-8-12-25-49(43)61(52)41-18-5-2-6-19-41/h1-37H. The first-order valence-corrected chi connectivity index (χ1v) is 21.9. The molecule has 0 unspecified atom stereocenters. The summed E-state index contributed by atoms with van der Waals surface area (Å²) in [6, 6.07) is 81.4. The fourth-order valence-corrected chi connectivity index (χ4v) is 10.8. The van der Waals surface area contributed by atoms with Gasteiger partial charge in [-0.05, 0) is 102 Å². The van der Waals surface area contributed by atoms with Gasteiger partial charge in [0, 0.05) is 49.0 Å². The molecule has 4 heterocycles. The lowest BCUT2D eigenvalue weighted by molar-refractivity contribution is 0.669. The summed E-state index contributed by atoms with van der Waals surface area (Å²) in [7, 11) is 0. The van der Waals surface area contributed by atoms with Crippen molar-refractivity contribution in [2.24, 2.45) is 0 Å².